The van der Waals surface area contributed by atoms with Crippen LogP contribution in [-0.2, 0) is 42.8 Å². The van der Waals surface area contributed by atoms with Crippen LogP contribution in [0.2, 0.25) is 0 Å². The van der Waals surface area contributed by atoms with Gasteiger partial charge < -0.3 is 100 Å². The molecule has 0 aromatic heterocycles. The van der Waals surface area contributed by atoms with E-state index >= 15 is 0 Å². The number of hydrogen-bond donors (Lipinski definition) is 14. The van der Waals surface area contributed by atoms with Crippen LogP contribution in [0.1, 0.15) is 239 Å². The summed E-state index contributed by atoms with van der Waals surface area (Å²) in [6, 6.07) is -2.62. The number of allylic oxidation sites excluding steroid dienone is 3. The van der Waals surface area contributed by atoms with Crippen molar-refractivity contribution in [2.45, 2.75) is 349 Å². The van der Waals surface area contributed by atoms with E-state index in [1.165, 1.54) is 122 Å². The van der Waals surface area contributed by atoms with Gasteiger partial charge in [0.1, 0.15) is 67.1 Å². The molecule has 89 heavy (non-hydrogen) atoms. The van der Waals surface area contributed by atoms with E-state index < -0.39 is 155 Å². The Morgan fingerprint density at radius 2 is 1.06 bits per heavy atom. The summed E-state index contributed by atoms with van der Waals surface area (Å²) >= 11 is 0. The molecule has 0 aromatic rings. The van der Waals surface area contributed by atoms with Crippen molar-refractivity contribution in [2.75, 3.05) is 26.4 Å². The molecule has 0 saturated carbocycles. The minimum atomic E-state index is -3.08. The number of carbonyl (C=O) groups excluding carboxylic acids is 2. The fourth-order valence-corrected chi connectivity index (χ4v) is 11.9. The fraction of sp³-hybridized carbons (Fsp3) is 0.894. The van der Waals surface area contributed by atoms with Gasteiger partial charge in [0.25, 0.3) is 5.79 Å². The lowest BCUT2D eigenvalue weighted by molar-refractivity contribution is -0.386. The first kappa shape index (κ1) is 80.4. The summed E-state index contributed by atoms with van der Waals surface area (Å²) in [5.41, 5.74) is 0. The van der Waals surface area contributed by atoms with Gasteiger partial charge in [0.05, 0.1) is 50.7 Å². The molecule has 18 atom stereocenters. The number of unbranched alkanes of at least 4 members (excludes halogenated alkanes) is 29. The molecule has 3 aliphatic heterocycles. The zero-order chi connectivity index (χ0) is 65.4. The van der Waals surface area contributed by atoms with Crippen molar-refractivity contribution in [3.63, 3.8) is 0 Å². The first-order valence-electron chi connectivity index (χ1n) is 34.2. The van der Waals surface area contributed by atoms with Gasteiger partial charge in [0.2, 0.25) is 11.8 Å². The second kappa shape index (κ2) is 47.1. The van der Waals surface area contributed by atoms with Crippen LogP contribution >= 0.6 is 0 Å². The van der Waals surface area contributed by atoms with Crippen molar-refractivity contribution in [2.24, 2.45) is 0 Å². The fourth-order valence-electron chi connectivity index (χ4n) is 11.9. The third-order valence-corrected chi connectivity index (χ3v) is 17.4. The molecule has 14 N–H and O–H groups in total. The van der Waals surface area contributed by atoms with Crippen molar-refractivity contribution in [1.29, 1.82) is 0 Å². The average Bonchev–Trinajstić information content (AvgIpc) is 1.09. The number of rotatable bonds is 51. The van der Waals surface area contributed by atoms with Gasteiger partial charge in [-0.1, -0.05) is 199 Å². The lowest BCUT2D eigenvalue weighted by atomic mass is 9.88. The molecular formula is C66H120N2O21. The van der Waals surface area contributed by atoms with E-state index in [9.17, 15) is 75.7 Å². The Balaban J connectivity index is 1.61. The molecule has 0 radical (unpaired) electrons. The number of amides is 2. The lowest BCUT2D eigenvalue weighted by Crippen LogP contribution is -2.70. The highest BCUT2D eigenvalue weighted by atomic mass is 16.8. The monoisotopic (exact) mass is 1280 g/mol. The topological polar surface area (TPSA) is 373 Å². The number of aliphatic carboxylic acids is 1. The molecular weight excluding hydrogens is 1160 g/mol. The highest BCUT2D eigenvalue weighted by Gasteiger charge is 2.60. The summed E-state index contributed by atoms with van der Waals surface area (Å²) in [7, 11) is 0. The molecule has 23 nitrogen and oxygen atoms in total. The lowest BCUT2D eigenvalue weighted by Gasteiger charge is -2.50. The van der Waals surface area contributed by atoms with Gasteiger partial charge >= 0.3 is 5.97 Å². The molecule has 0 spiro atoms. The van der Waals surface area contributed by atoms with Gasteiger partial charge in [0.15, 0.2) is 12.6 Å². The van der Waals surface area contributed by atoms with Crippen molar-refractivity contribution in [3.8, 4) is 0 Å². The minimum Gasteiger partial charge on any atom is -0.477 e. The maximum atomic E-state index is 13.4. The predicted molar refractivity (Wildman–Crippen MR) is 334 cm³/mol. The number of aliphatic hydroxyl groups excluding tert-OH is 11. The van der Waals surface area contributed by atoms with Gasteiger partial charge in [-0.15, -0.1) is 0 Å². The summed E-state index contributed by atoms with van der Waals surface area (Å²) < 4.78 is 34.8. The Hall–Kier alpha value is -2.79. The first-order valence-corrected chi connectivity index (χ1v) is 34.2. The van der Waals surface area contributed by atoms with E-state index in [-0.39, 0.29) is 12.3 Å². The number of carboxylic acid groups (broad SMARTS) is 1. The Labute approximate surface area is 530 Å². The molecule has 3 saturated heterocycles. The van der Waals surface area contributed by atoms with Crippen LogP contribution in [0.3, 0.4) is 0 Å². The van der Waals surface area contributed by atoms with E-state index in [1.807, 2.05) is 6.08 Å². The molecule has 0 aromatic carbocycles. The van der Waals surface area contributed by atoms with Gasteiger partial charge in [0, 0.05) is 19.8 Å². The maximum absolute atomic E-state index is 13.4. The molecule has 0 aliphatic carbocycles. The standard InChI is InChI=1S/C66H120N2O21/c1-4-6-8-10-12-14-16-18-20-21-22-23-24-26-28-30-32-34-36-38-40-53(76)68-47(48(73)39-37-35-33-31-29-27-25-19-17-15-13-11-9-7-5-2)45-84-63-58(80)57(79)60(52(44-71)86-63)87-64-59(81)62(56(78)51(43-70)85-64)89-66(65(82)83)41-49(74)54(67-46(3)72)61(88-66)55(77)50(75)42-69/h22-23,37,39,47-52,54-64,69-71,73-75,77-81H,4-21,24-36,38,40-45H2,1-3H3,(H,67,72)(H,68,76)(H,82,83)/b23-22-,39-37+. The Kier molecular flexibility index (Phi) is 42.6. The van der Waals surface area contributed by atoms with E-state index in [0.717, 1.165) is 77.6 Å². The highest BCUT2D eigenvalue weighted by Crippen LogP contribution is 2.39. The van der Waals surface area contributed by atoms with Gasteiger partial charge in [-0.25, -0.2) is 4.79 Å². The molecule has 2 amide bonds. The van der Waals surface area contributed by atoms with Gasteiger partial charge in [-0.05, 0) is 44.9 Å². The van der Waals surface area contributed by atoms with Crippen LogP contribution in [0.5, 0.6) is 0 Å². The molecule has 3 aliphatic rings. The second-order valence-electron chi connectivity index (χ2n) is 25.0. The Morgan fingerprint density at radius 1 is 0.584 bits per heavy atom. The van der Waals surface area contributed by atoms with E-state index in [0.29, 0.717) is 12.8 Å². The van der Waals surface area contributed by atoms with Crippen LogP contribution in [0.25, 0.3) is 0 Å². The summed E-state index contributed by atoms with van der Waals surface area (Å²) in [5, 5.41) is 136. The van der Waals surface area contributed by atoms with Crippen molar-refractivity contribution < 1.29 is 104 Å². The molecule has 3 rings (SSSR count). The average molecular weight is 1280 g/mol. The molecule has 3 fully saturated rings. The van der Waals surface area contributed by atoms with Crippen molar-refractivity contribution >= 4 is 17.8 Å². The van der Waals surface area contributed by atoms with E-state index in [1.54, 1.807) is 6.08 Å². The Bertz CT molecular complexity index is 1900. The zero-order valence-corrected chi connectivity index (χ0v) is 54.0. The first-order chi connectivity index (χ1) is 42.9. The number of hydrogen-bond acceptors (Lipinski definition) is 20. The number of ether oxygens (including phenoxy) is 6. The van der Waals surface area contributed by atoms with E-state index in [4.69, 9.17) is 28.4 Å². The van der Waals surface area contributed by atoms with Crippen LogP contribution in [0.15, 0.2) is 24.3 Å². The number of carbonyl (C=O) groups is 3. The summed E-state index contributed by atoms with van der Waals surface area (Å²) in [4.78, 5) is 38.5. The smallest absolute Gasteiger partial charge is 0.364 e. The minimum absolute atomic E-state index is 0.196. The molecule has 3 heterocycles. The van der Waals surface area contributed by atoms with Crippen molar-refractivity contribution in [1.82, 2.24) is 10.6 Å². The predicted octanol–water partition coefficient (Wildman–Crippen LogP) is 5.67. The van der Waals surface area contributed by atoms with E-state index in [2.05, 4.69) is 36.6 Å². The molecule has 0 bridgehead atoms. The zero-order valence-electron chi connectivity index (χ0n) is 54.0. The number of nitrogens with one attached hydrogen (secondary N) is 2. The Morgan fingerprint density at radius 3 is 1.53 bits per heavy atom. The van der Waals surface area contributed by atoms with Gasteiger partial charge in [-0.3, -0.25) is 9.59 Å². The quantitative estimate of drug-likeness (QED) is 0.0257. The molecule has 23 heteroatoms. The van der Waals surface area contributed by atoms with Crippen LogP contribution in [0.4, 0.5) is 0 Å². The summed E-state index contributed by atoms with van der Waals surface area (Å²) in [5.74, 6) is -6.15. The third-order valence-electron chi connectivity index (χ3n) is 17.4. The van der Waals surface area contributed by atoms with Crippen LogP contribution in [0, 0.1) is 0 Å². The third kappa shape index (κ3) is 30.0. The SMILES string of the molecule is CCCCCCCCCCC/C=C\CCCCCCCCCC(=O)NC(COC1OC(CO)C(OC2OC(CO)C(O)C(OC3(C(=O)O)CC(O)C(NC(C)=O)C(C(O)C(O)CO)O3)C2O)C(O)C1O)C(O)/C=C/CCCCCCCCCCCCCCC. The van der Waals surface area contributed by atoms with Crippen LogP contribution < -0.4 is 10.6 Å². The molecule has 18 unspecified atom stereocenters. The molecule has 520 valence electrons. The van der Waals surface area contributed by atoms with Crippen LogP contribution in [-0.4, -0.2) is 215 Å². The van der Waals surface area contributed by atoms with Gasteiger partial charge in [-0.2, -0.15) is 0 Å². The number of carboxylic acids is 1. The number of aliphatic hydroxyl groups is 11. The summed E-state index contributed by atoms with van der Waals surface area (Å²) in [6.07, 6.45) is 16.5. The van der Waals surface area contributed by atoms with Crippen molar-refractivity contribution in [3.05, 3.63) is 24.3 Å². The summed E-state index contributed by atoms with van der Waals surface area (Å²) in [6.45, 7) is 2.13. The maximum Gasteiger partial charge on any atom is 0.364 e. The normalized spacial score (nSPS) is 28.9. The second-order valence-corrected chi connectivity index (χ2v) is 25.0. The highest BCUT2D eigenvalue weighted by molar-refractivity contribution is 5.77. The largest absolute Gasteiger partial charge is 0.477 e.